The molecule has 7 heteroatoms. The maximum absolute atomic E-state index is 13.0. The molecule has 7 nitrogen and oxygen atoms in total. The van der Waals surface area contributed by atoms with Crippen molar-refractivity contribution < 1.29 is 9.59 Å². The van der Waals surface area contributed by atoms with Crippen molar-refractivity contribution >= 4 is 22.7 Å². The van der Waals surface area contributed by atoms with Crippen molar-refractivity contribution in [3.63, 3.8) is 0 Å². The Morgan fingerprint density at radius 1 is 1.27 bits per heavy atom. The Morgan fingerprint density at radius 3 is 2.77 bits per heavy atom. The molecule has 0 aliphatic carbocycles. The van der Waals surface area contributed by atoms with Crippen LogP contribution in [-0.4, -0.2) is 44.6 Å². The quantitative estimate of drug-likeness (QED) is 0.749. The van der Waals surface area contributed by atoms with Gasteiger partial charge in [0.15, 0.2) is 0 Å². The third-order valence-electron chi connectivity index (χ3n) is 5.13. The van der Waals surface area contributed by atoms with Gasteiger partial charge in [0.25, 0.3) is 5.91 Å². The zero-order valence-electron chi connectivity index (χ0n) is 14.8. The van der Waals surface area contributed by atoms with Crippen molar-refractivity contribution in [1.82, 2.24) is 19.7 Å². The molecule has 1 fully saturated rings. The fourth-order valence-electron chi connectivity index (χ4n) is 3.75. The normalized spacial score (nSPS) is 20.0. The van der Waals surface area contributed by atoms with Crippen LogP contribution in [0.4, 0.5) is 0 Å². The lowest BCUT2D eigenvalue weighted by Gasteiger charge is -2.15. The third-order valence-corrected chi connectivity index (χ3v) is 5.13. The first kappa shape index (κ1) is 16.4. The average Bonchev–Trinajstić information content (AvgIpc) is 3.30. The fourth-order valence-corrected chi connectivity index (χ4v) is 3.75. The van der Waals surface area contributed by atoms with Gasteiger partial charge in [-0.25, -0.2) is 0 Å². The number of hydrogen-bond donors (Lipinski definition) is 2. The average molecular weight is 351 g/mol. The standard InChI is InChI=1S/C19H21N5O2/c1-11-3-4-12-6-17(22-16(12)5-11)19(26)24-9-14(15(10-24)18(20)25)13-7-21-23(2)8-13/h3-8,14-15,22H,9-10H2,1-2H3,(H2,20,25)/t14-,15+/m1/s1. The first-order chi connectivity index (χ1) is 12.4. The number of carbonyl (C=O) groups excluding carboxylic acids is 2. The van der Waals surface area contributed by atoms with E-state index in [1.807, 2.05) is 44.4 Å². The third kappa shape index (κ3) is 2.75. The van der Waals surface area contributed by atoms with Crippen LogP contribution in [0.5, 0.6) is 0 Å². The van der Waals surface area contributed by atoms with E-state index < -0.39 is 5.92 Å². The number of nitrogens with two attached hydrogens (primary N) is 1. The van der Waals surface area contributed by atoms with Crippen LogP contribution in [0.1, 0.15) is 27.5 Å². The maximum atomic E-state index is 13.0. The molecule has 134 valence electrons. The number of amides is 2. The number of nitrogens with zero attached hydrogens (tertiary/aromatic N) is 3. The predicted molar refractivity (Wildman–Crippen MR) is 97.6 cm³/mol. The zero-order valence-corrected chi connectivity index (χ0v) is 14.8. The van der Waals surface area contributed by atoms with E-state index in [0.717, 1.165) is 22.0 Å². The van der Waals surface area contributed by atoms with Crippen LogP contribution in [0.3, 0.4) is 0 Å². The SMILES string of the molecule is Cc1ccc2cc(C(=O)N3C[C@H](C(N)=O)[C@@H](c4cnn(C)c4)C3)[nH]c2c1. The van der Waals surface area contributed by atoms with Gasteiger partial charge >= 0.3 is 0 Å². The Bertz CT molecular complexity index is 1000. The number of H-pyrrole nitrogens is 1. The van der Waals surface area contributed by atoms with Crippen molar-refractivity contribution in [2.24, 2.45) is 18.7 Å². The summed E-state index contributed by atoms with van der Waals surface area (Å²) >= 11 is 0. The second-order valence-corrected chi connectivity index (χ2v) is 7.05. The number of primary amides is 1. The summed E-state index contributed by atoms with van der Waals surface area (Å²) in [5.41, 5.74) is 9.12. The Balaban J connectivity index is 1.62. The molecule has 1 aromatic carbocycles. The van der Waals surface area contributed by atoms with Crippen LogP contribution in [0.15, 0.2) is 36.7 Å². The molecule has 1 aliphatic rings. The molecule has 3 heterocycles. The summed E-state index contributed by atoms with van der Waals surface area (Å²) in [4.78, 5) is 29.8. The predicted octanol–water partition coefficient (Wildman–Crippen LogP) is 1.55. The van der Waals surface area contributed by atoms with Gasteiger partial charge in [-0.2, -0.15) is 5.10 Å². The number of aromatic amines is 1. The monoisotopic (exact) mass is 351 g/mol. The first-order valence-corrected chi connectivity index (χ1v) is 8.59. The van der Waals surface area contributed by atoms with Gasteiger partial charge in [-0.05, 0) is 30.2 Å². The topological polar surface area (TPSA) is 97.0 Å². The number of aryl methyl sites for hydroxylation is 2. The molecule has 0 bridgehead atoms. The zero-order chi connectivity index (χ0) is 18.4. The molecule has 2 amide bonds. The summed E-state index contributed by atoms with van der Waals surface area (Å²) in [6, 6.07) is 7.88. The minimum atomic E-state index is -0.408. The van der Waals surface area contributed by atoms with Gasteiger partial charge in [-0.1, -0.05) is 12.1 Å². The van der Waals surface area contributed by atoms with Crippen LogP contribution in [0.25, 0.3) is 10.9 Å². The van der Waals surface area contributed by atoms with E-state index in [9.17, 15) is 9.59 Å². The van der Waals surface area contributed by atoms with E-state index in [1.54, 1.807) is 15.8 Å². The Hall–Kier alpha value is -3.09. The summed E-state index contributed by atoms with van der Waals surface area (Å²) in [5.74, 6) is -1.04. The summed E-state index contributed by atoms with van der Waals surface area (Å²) in [5, 5.41) is 5.17. The molecule has 2 aromatic heterocycles. The van der Waals surface area contributed by atoms with E-state index in [0.29, 0.717) is 18.8 Å². The molecular formula is C19H21N5O2. The molecule has 3 aromatic rings. The molecule has 26 heavy (non-hydrogen) atoms. The fraction of sp³-hybridized carbons (Fsp3) is 0.316. The van der Waals surface area contributed by atoms with Crippen LogP contribution >= 0.6 is 0 Å². The molecule has 1 saturated heterocycles. The van der Waals surface area contributed by atoms with Gasteiger partial charge in [0, 0.05) is 43.2 Å². The molecule has 0 saturated carbocycles. The number of nitrogens with one attached hydrogen (secondary N) is 1. The van der Waals surface area contributed by atoms with Crippen molar-refractivity contribution in [2.45, 2.75) is 12.8 Å². The smallest absolute Gasteiger partial charge is 0.270 e. The van der Waals surface area contributed by atoms with Gasteiger partial charge < -0.3 is 15.6 Å². The summed E-state index contributed by atoms with van der Waals surface area (Å²) < 4.78 is 1.69. The number of hydrogen-bond acceptors (Lipinski definition) is 3. The van der Waals surface area contributed by atoms with E-state index in [1.165, 1.54) is 0 Å². The van der Waals surface area contributed by atoms with Crippen LogP contribution < -0.4 is 5.73 Å². The van der Waals surface area contributed by atoms with Gasteiger partial charge in [0.2, 0.25) is 5.91 Å². The number of aromatic nitrogens is 3. The lowest BCUT2D eigenvalue weighted by atomic mass is 9.90. The van der Waals surface area contributed by atoms with Crippen LogP contribution in [0.2, 0.25) is 0 Å². The number of benzene rings is 1. The number of likely N-dealkylation sites (tertiary alicyclic amines) is 1. The van der Waals surface area contributed by atoms with Crippen LogP contribution in [0, 0.1) is 12.8 Å². The number of fused-ring (bicyclic) bond motifs is 1. The highest BCUT2D eigenvalue weighted by atomic mass is 16.2. The summed E-state index contributed by atoms with van der Waals surface area (Å²) in [6.45, 7) is 2.78. The van der Waals surface area contributed by atoms with Gasteiger partial charge in [-0.3, -0.25) is 14.3 Å². The van der Waals surface area contributed by atoms with Crippen molar-refractivity contribution in [3.8, 4) is 0 Å². The maximum Gasteiger partial charge on any atom is 0.270 e. The molecule has 4 rings (SSSR count). The first-order valence-electron chi connectivity index (χ1n) is 8.59. The van der Waals surface area contributed by atoms with E-state index in [2.05, 4.69) is 10.1 Å². The highest BCUT2D eigenvalue weighted by Gasteiger charge is 2.40. The van der Waals surface area contributed by atoms with E-state index in [4.69, 9.17) is 5.73 Å². The highest BCUT2D eigenvalue weighted by molar-refractivity contribution is 5.98. The minimum Gasteiger partial charge on any atom is -0.369 e. The number of rotatable bonds is 3. The van der Waals surface area contributed by atoms with Gasteiger partial charge in [0.05, 0.1) is 12.1 Å². The van der Waals surface area contributed by atoms with Gasteiger partial charge in [-0.15, -0.1) is 0 Å². The summed E-state index contributed by atoms with van der Waals surface area (Å²) in [6.07, 6.45) is 3.61. The molecule has 2 atom stereocenters. The Kier molecular flexibility index (Phi) is 3.79. The Morgan fingerprint density at radius 2 is 2.08 bits per heavy atom. The highest BCUT2D eigenvalue weighted by Crippen LogP contribution is 2.33. The second kappa shape index (κ2) is 6.01. The van der Waals surface area contributed by atoms with Crippen molar-refractivity contribution in [2.75, 3.05) is 13.1 Å². The molecule has 1 aliphatic heterocycles. The molecule has 3 N–H and O–H groups in total. The lowest BCUT2D eigenvalue weighted by molar-refractivity contribution is -0.121. The molecule has 0 radical (unpaired) electrons. The van der Waals surface area contributed by atoms with Crippen molar-refractivity contribution in [3.05, 3.63) is 53.5 Å². The molecular weight excluding hydrogens is 330 g/mol. The molecule has 0 unspecified atom stereocenters. The summed E-state index contributed by atoms with van der Waals surface area (Å²) in [7, 11) is 1.83. The van der Waals surface area contributed by atoms with Crippen molar-refractivity contribution in [1.29, 1.82) is 0 Å². The van der Waals surface area contributed by atoms with Crippen LogP contribution in [-0.2, 0) is 11.8 Å². The lowest BCUT2D eigenvalue weighted by Crippen LogP contribution is -2.32. The minimum absolute atomic E-state index is 0.114. The Labute approximate surface area is 150 Å². The number of carbonyl (C=O) groups is 2. The van der Waals surface area contributed by atoms with Gasteiger partial charge in [0.1, 0.15) is 5.69 Å². The van der Waals surface area contributed by atoms with E-state index >= 15 is 0 Å². The second-order valence-electron chi connectivity index (χ2n) is 7.05. The molecule has 0 spiro atoms. The largest absolute Gasteiger partial charge is 0.369 e. The van der Waals surface area contributed by atoms with E-state index in [-0.39, 0.29) is 17.7 Å².